The van der Waals surface area contributed by atoms with Gasteiger partial charge in [0.1, 0.15) is 11.5 Å². The van der Waals surface area contributed by atoms with Gasteiger partial charge in [-0.1, -0.05) is 0 Å². The fourth-order valence-electron chi connectivity index (χ4n) is 2.59. The fourth-order valence-corrected chi connectivity index (χ4v) is 2.59. The zero-order valence-electron chi connectivity index (χ0n) is 14.2. The zero-order chi connectivity index (χ0) is 18.6. The van der Waals surface area contributed by atoms with Crippen molar-refractivity contribution in [3.63, 3.8) is 0 Å². The minimum Gasteiger partial charge on any atom is -0.497 e. The lowest BCUT2D eigenvalue weighted by atomic mass is 10.2. The Bertz CT molecular complexity index is 769. The normalized spacial score (nSPS) is 18.3. The van der Waals surface area contributed by atoms with Crippen molar-refractivity contribution in [1.82, 2.24) is 15.6 Å². The number of pyridine rings is 1. The maximum atomic E-state index is 13.2. The second-order valence-electron chi connectivity index (χ2n) is 5.99. The van der Waals surface area contributed by atoms with E-state index in [1.54, 1.807) is 49.7 Å². The molecule has 1 aliphatic heterocycles. The van der Waals surface area contributed by atoms with E-state index in [2.05, 4.69) is 15.6 Å². The average molecular weight is 363 g/mol. The number of halogens is 2. The molecule has 0 radical (unpaired) electrons. The van der Waals surface area contributed by atoms with Crippen LogP contribution in [0.25, 0.3) is 0 Å². The molecule has 0 saturated carbocycles. The van der Waals surface area contributed by atoms with Gasteiger partial charge in [0.15, 0.2) is 0 Å². The molecule has 1 unspecified atom stereocenters. The standard InChI is InChI=1S/C18H19F2N3O3/c1-25-13-2-4-14(5-3-13)26-16-8-12(6-7-21-16)10-22-17(24)15-9-18(19,20)11-23-15/h2-8,15,23H,9-11H2,1H3,(H,22,24). The number of alkyl halides is 2. The van der Waals surface area contributed by atoms with Crippen LogP contribution in [0.15, 0.2) is 42.6 Å². The lowest BCUT2D eigenvalue weighted by Crippen LogP contribution is -2.40. The van der Waals surface area contributed by atoms with Crippen molar-refractivity contribution in [3.05, 3.63) is 48.2 Å². The van der Waals surface area contributed by atoms with Crippen LogP contribution in [0.3, 0.4) is 0 Å². The minimum atomic E-state index is -2.84. The monoisotopic (exact) mass is 363 g/mol. The molecule has 1 fully saturated rings. The molecule has 1 saturated heterocycles. The van der Waals surface area contributed by atoms with E-state index in [0.29, 0.717) is 17.4 Å². The van der Waals surface area contributed by atoms with Gasteiger partial charge in [-0.15, -0.1) is 0 Å². The molecule has 1 atom stereocenters. The summed E-state index contributed by atoms with van der Waals surface area (Å²) in [7, 11) is 1.58. The summed E-state index contributed by atoms with van der Waals surface area (Å²) < 4.78 is 37.0. The van der Waals surface area contributed by atoms with E-state index >= 15 is 0 Å². The van der Waals surface area contributed by atoms with Crippen LogP contribution in [-0.4, -0.2) is 36.5 Å². The highest BCUT2D eigenvalue weighted by Gasteiger charge is 2.42. The molecule has 138 valence electrons. The third-order valence-corrected chi connectivity index (χ3v) is 3.97. The number of methoxy groups -OCH3 is 1. The molecule has 1 aliphatic rings. The van der Waals surface area contributed by atoms with E-state index < -0.39 is 30.8 Å². The predicted molar refractivity (Wildman–Crippen MR) is 90.5 cm³/mol. The summed E-state index contributed by atoms with van der Waals surface area (Å²) in [6, 6.07) is 9.57. The van der Waals surface area contributed by atoms with Gasteiger partial charge in [-0.3, -0.25) is 10.1 Å². The maximum absolute atomic E-state index is 13.2. The summed E-state index contributed by atoms with van der Waals surface area (Å²) in [5.41, 5.74) is 0.751. The second kappa shape index (κ2) is 7.65. The molecule has 8 heteroatoms. The van der Waals surface area contributed by atoms with Crippen molar-refractivity contribution in [2.75, 3.05) is 13.7 Å². The predicted octanol–water partition coefficient (Wildman–Crippen LogP) is 2.50. The molecule has 2 N–H and O–H groups in total. The molecule has 2 heterocycles. The van der Waals surface area contributed by atoms with Crippen LogP contribution in [0.4, 0.5) is 8.78 Å². The number of benzene rings is 1. The van der Waals surface area contributed by atoms with Gasteiger partial charge in [0, 0.05) is 25.2 Å². The first kappa shape index (κ1) is 18.1. The van der Waals surface area contributed by atoms with Gasteiger partial charge in [0.05, 0.1) is 19.7 Å². The molecule has 1 aromatic carbocycles. The number of hydrogen-bond acceptors (Lipinski definition) is 5. The van der Waals surface area contributed by atoms with Crippen molar-refractivity contribution in [2.24, 2.45) is 0 Å². The molecular weight excluding hydrogens is 344 g/mol. The Morgan fingerprint density at radius 1 is 1.31 bits per heavy atom. The van der Waals surface area contributed by atoms with E-state index in [1.807, 2.05) is 0 Å². The average Bonchev–Trinajstić information content (AvgIpc) is 3.01. The number of carbonyl (C=O) groups is 1. The highest BCUT2D eigenvalue weighted by Crippen LogP contribution is 2.25. The molecule has 3 rings (SSSR count). The Hall–Kier alpha value is -2.74. The number of amides is 1. The lowest BCUT2D eigenvalue weighted by Gasteiger charge is -2.12. The van der Waals surface area contributed by atoms with Crippen molar-refractivity contribution >= 4 is 5.91 Å². The Balaban J connectivity index is 1.56. The summed E-state index contributed by atoms with van der Waals surface area (Å²) in [6.07, 6.45) is 1.07. The summed E-state index contributed by atoms with van der Waals surface area (Å²) in [5.74, 6) is -1.60. The number of nitrogens with one attached hydrogen (secondary N) is 2. The van der Waals surface area contributed by atoms with Gasteiger partial charge in [0.2, 0.25) is 11.8 Å². The van der Waals surface area contributed by atoms with E-state index in [-0.39, 0.29) is 6.54 Å². The third kappa shape index (κ3) is 4.66. The number of ether oxygens (including phenoxy) is 2. The van der Waals surface area contributed by atoms with Crippen LogP contribution in [-0.2, 0) is 11.3 Å². The summed E-state index contributed by atoms with van der Waals surface area (Å²) in [6.45, 7) is -0.274. The van der Waals surface area contributed by atoms with Crippen LogP contribution >= 0.6 is 0 Å². The second-order valence-corrected chi connectivity index (χ2v) is 5.99. The SMILES string of the molecule is COc1ccc(Oc2cc(CNC(=O)C3CC(F)(F)CN3)ccn2)cc1. The molecule has 0 aliphatic carbocycles. The third-order valence-electron chi connectivity index (χ3n) is 3.97. The first-order valence-electron chi connectivity index (χ1n) is 8.11. The number of aromatic nitrogens is 1. The molecular formula is C18H19F2N3O3. The molecule has 26 heavy (non-hydrogen) atoms. The summed E-state index contributed by atoms with van der Waals surface area (Å²) in [4.78, 5) is 16.1. The van der Waals surface area contributed by atoms with Crippen LogP contribution in [0.1, 0.15) is 12.0 Å². The van der Waals surface area contributed by atoms with E-state index in [1.165, 1.54) is 0 Å². The first-order valence-corrected chi connectivity index (χ1v) is 8.11. The van der Waals surface area contributed by atoms with Gasteiger partial charge in [-0.2, -0.15) is 0 Å². The van der Waals surface area contributed by atoms with Crippen LogP contribution < -0.4 is 20.1 Å². The number of hydrogen-bond donors (Lipinski definition) is 2. The largest absolute Gasteiger partial charge is 0.497 e. The number of nitrogens with zero attached hydrogens (tertiary/aromatic N) is 1. The Morgan fingerprint density at radius 3 is 2.69 bits per heavy atom. The van der Waals surface area contributed by atoms with E-state index in [9.17, 15) is 13.6 Å². The van der Waals surface area contributed by atoms with Crippen LogP contribution in [0.5, 0.6) is 17.4 Å². The zero-order valence-corrected chi connectivity index (χ0v) is 14.2. The van der Waals surface area contributed by atoms with Crippen molar-refractivity contribution < 1.29 is 23.0 Å². The highest BCUT2D eigenvalue weighted by atomic mass is 19.3. The Kier molecular flexibility index (Phi) is 5.32. The van der Waals surface area contributed by atoms with Crippen LogP contribution in [0, 0.1) is 0 Å². The molecule has 1 aromatic heterocycles. The van der Waals surface area contributed by atoms with Crippen molar-refractivity contribution in [1.29, 1.82) is 0 Å². The van der Waals surface area contributed by atoms with E-state index in [0.717, 1.165) is 5.56 Å². The number of rotatable bonds is 6. The van der Waals surface area contributed by atoms with Crippen LogP contribution in [0.2, 0.25) is 0 Å². The number of carbonyl (C=O) groups excluding carboxylic acids is 1. The lowest BCUT2D eigenvalue weighted by molar-refractivity contribution is -0.123. The summed E-state index contributed by atoms with van der Waals surface area (Å²) >= 11 is 0. The Morgan fingerprint density at radius 2 is 2.04 bits per heavy atom. The minimum absolute atomic E-state index is 0.198. The van der Waals surface area contributed by atoms with Gasteiger partial charge in [-0.25, -0.2) is 13.8 Å². The Labute approximate surface area is 149 Å². The van der Waals surface area contributed by atoms with Gasteiger partial charge in [-0.05, 0) is 35.9 Å². The van der Waals surface area contributed by atoms with Gasteiger partial charge in [0.25, 0.3) is 5.92 Å². The first-order chi connectivity index (χ1) is 12.4. The fraction of sp³-hybridized carbons (Fsp3) is 0.333. The highest BCUT2D eigenvalue weighted by molar-refractivity contribution is 5.82. The molecule has 6 nitrogen and oxygen atoms in total. The van der Waals surface area contributed by atoms with Gasteiger partial charge >= 0.3 is 0 Å². The van der Waals surface area contributed by atoms with E-state index in [4.69, 9.17) is 9.47 Å². The van der Waals surface area contributed by atoms with Crippen molar-refractivity contribution in [2.45, 2.75) is 24.9 Å². The molecule has 1 amide bonds. The topological polar surface area (TPSA) is 72.5 Å². The quantitative estimate of drug-likeness (QED) is 0.825. The van der Waals surface area contributed by atoms with Crippen molar-refractivity contribution in [3.8, 4) is 17.4 Å². The summed E-state index contributed by atoms with van der Waals surface area (Å²) in [5, 5.41) is 5.18. The smallest absolute Gasteiger partial charge is 0.262 e. The molecule has 0 bridgehead atoms. The van der Waals surface area contributed by atoms with Gasteiger partial charge < -0.3 is 14.8 Å². The molecule has 0 spiro atoms. The maximum Gasteiger partial charge on any atom is 0.262 e. The molecule has 2 aromatic rings.